The second-order valence-electron chi connectivity index (χ2n) is 12.3. The molecule has 232 valence electrons. The molecule has 0 heterocycles. The highest BCUT2D eigenvalue weighted by molar-refractivity contribution is 6.22. The van der Waals surface area contributed by atoms with Gasteiger partial charge in [0.2, 0.25) is 0 Å². The first-order valence-electron chi connectivity index (χ1n) is 15.1. The third-order valence-corrected chi connectivity index (χ3v) is 6.75. The summed E-state index contributed by atoms with van der Waals surface area (Å²) in [5, 5.41) is 0.214. The summed E-state index contributed by atoms with van der Waals surface area (Å²) < 4.78 is 22.2. The predicted molar refractivity (Wildman–Crippen MR) is 163 cm³/mol. The molecule has 0 atom stereocenters. The van der Waals surface area contributed by atoms with E-state index in [1.807, 2.05) is 55.4 Å². The number of hydrogen-bond acceptors (Lipinski definition) is 8. The van der Waals surface area contributed by atoms with Crippen molar-refractivity contribution in [2.45, 2.75) is 81.1 Å². The average molecular weight is 585 g/mol. The fourth-order valence-electron chi connectivity index (χ4n) is 4.04. The van der Waals surface area contributed by atoms with E-state index in [1.54, 1.807) is 0 Å². The number of hydrogen-bond donors (Lipinski definition) is 0. The maximum absolute atomic E-state index is 13.4. The Kier molecular flexibility index (Phi) is 14.0. The van der Waals surface area contributed by atoms with Crippen LogP contribution in [0.4, 0.5) is 0 Å². The van der Waals surface area contributed by atoms with Crippen molar-refractivity contribution in [2.24, 2.45) is 23.7 Å². The number of benzene rings is 2. The van der Waals surface area contributed by atoms with Crippen LogP contribution in [0, 0.1) is 23.7 Å². The Morgan fingerprint density at radius 2 is 0.619 bits per heavy atom. The lowest BCUT2D eigenvalue weighted by Crippen LogP contribution is -2.17. The molecule has 42 heavy (non-hydrogen) atoms. The molecule has 0 saturated heterocycles. The first-order chi connectivity index (χ1) is 19.8. The normalized spacial score (nSPS) is 11.4. The minimum absolute atomic E-state index is 0.0557. The van der Waals surface area contributed by atoms with Gasteiger partial charge in [-0.1, -0.05) is 55.4 Å². The largest absolute Gasteiger partial charge is 0.462 e. The Balaban J connectivity index is 2.74. The number of ether oxygens (including phenoxy) is 4. The van der Waals surface area contributed by atoms with Crippen molar-refractivity contribution in [3.63, 3.8) is 0 Å². The highest BCUT2D eigenvalue weighted by Gasteiger charge is 2.28. The van der Waals surface area contributed by atoms with E-state index in [0.717, 1.165) is 0 Å². The lowest BCUT2D eigenvalue weighted by atomic mass is 9.91. The second-order valence-corrected chi connectivity index (χ2v) is 12.3. The number of rotatable bonds is 16. The summed E-state index contributed by atoms with van der Waals surface area (Å²) in [6.45, 7) is 16.9. The zero-order valence-electron chi connectivity index (χ0n) is 26.5. The van der Waals surface area contributed by atoms with Crippen LogP contribution < -0.4 is 0 Å². The Bertz CT molecular complexity index is 1040. The topological polar surface area (TPSA) is 105 Å². The molecule has 0 amide bonds. The van der Waals surface area contributed by atoms with Gasteiger partial charge >= 0.3 is 23.9 Å². The smallest absolute Gasteiger partial charge is 0.338 e. The standard InChI is InChI=1S/C34H48O8/c1-21(2)13-17-39-31(35)25-9-10-27(33(37)41-19-15-23(5)6)30-28(34(38)42-20-16-24(7)8)12-11-26(29(25)30)32(36)40-18-14-22(3)4/h9-12,21-24H,13-20H2,1-8H3. The van der Waals surface area contributed by atoms with Crippen molar-refractivity contribution in [1.29, 1.82) is 0 Å². The van der Waals surface area contributed by atoms with Gasteiger partial charge in [-0.15, -0.1) is 0 Å². The molecule has 0 aliphatic heterocycles. The van der Waals surface area contributed by atoms with Gasteiger partial charge < -0.3 is 18.9 Å². The lowest BCUT2D eigenvalue weighted by Gasteiger charge is -2.18. The van der Waals surface area contributed by atoms with E-state index < -0.39 is 23.9 Å². The molecule has 0 unspecified atom stereocenters. The van der Waals surface area contributed by atoms with Crippen LogP contribution in [-0.4, -0.2) is 50.3 Å². The van der Waals surface area contributed by atoms with E-state index in [4.69, 9.17) is 18.9 Å². The fourth-order valence-corrected chi connectivity index (χ4v) is 4.04. The van der Waals surface area contributed by atoms with E-state index in [-0.39, 0.29) is 59.5 Å². The Hall–Kier alpha value is -3.42. The Labute approximate surface area is 250 Å². The summed E-state index contributed by atoms with van der Waals surface area (Å²) in [4.78, 5) is 53.5. The predicted octanol–water partition coefficient (Wildman–Crippen LogP) is 7.65. The molecular formula is C34H48O8. The molecule has 2 rings (SSSR count). The molecule has 0 aliphatic rings. The van der Waals surface area contributed by atoms with Crippen LogP contribution in [0.5, 0.6) is 0 Å². The van der Waals surface area contributed by atoms with E-state index in [0.29, 0.717) is 49.4 Å². The van der Waals surface area contributed by atoms with Crippen molar-refractivity contribution < 1.29 is 38.1 Å². The van der Waals surface area contributed by atoms with E-state index in [2.05, 4.69) is 0 Å². The van der Waals surface area contributed by atoms with Gasteiger partial charge in [-0.25, -0.2) is 19.2 Å². The molecule has 8 nitrogen and oxygen atoms in total. The zero-order valence-corrected chi connectivity index (χ0v) is 26.5. The van der Waals surface area contributed by atoms with E-state index in [9.17, 15) is 19.2 Å². The molecular weight excluding hydrogens is 536 g/mol. The van der Waals surface area contributed by atoms with Gasteiger partial charge in [0.25, 0.3) is 0 Å². The molecule has 0 aliphatic carbocycles. The van der Waals surface area contributed by atoms with Crippen LogP contribution in [0.25, 0.3) is 10.8 Å². The van der Waals surface area contributed by atoms with Crippen molar-refractivity contribution >= 4 is 34.6 Å². The first-order valence-corrected chi connectivity index (χ1v) is 15.1. The molecule has 0 saturated carbocycles. The number of carbonyl (C=O) groups is 4. The van der Waals surface area contributed by atoms with Crippen molar-refractivity contribution in [2.75, 3.05) is 26.4 Å². The summed E-state index contributed by atoms with van der Waals surface area (Å²) in [6, 6.07) is 5.77. The van der Waals surface area contributed by atoms with Crippen LogP contribution >= 0.6 is 0 Å². The summed E-state index contributed by atoms with van der Waals surface area (Å²) in [7, 11) is 0. The van der Waals surface area contributed by atoms with Gasteiger partial charge in [0.15, 0.2) is 0 Å². The van der Waals surface area contributed by atoms with Gasteiger partial charge in [-0.3, -0.25) is 0 Å². The van der Waals surface area contributed by atoms with Gasteiger partial charge in [-0.05, 0) is 73.6 Å². The van der Waals surface area contributed by atoms with Crippen molar-refractivity contribution in [3.8, 4) is 0 Å². The van der Waals surface area contributed by atoms with Gasteiger partial charge in [0, 0.05) is 10.8 Å². The Morgan fingerprint density at radius 3 is 0.786 bits per heavy atom. The zero-order chi connectivity index (χ0) is 31.4. The van der Waals surface area contributed by atoms with E-state index in [1.165, 1.54) is 24.3 Å². The van der Waals surface area contributed by atoms with Crippen molar-refractivity contribution in [1.82, 2.24) is 0 Å². The molecule has 0 N–H and O–H groups in total. The summed E-state index contributed by atoms with van der Waals surface area (Å²) in [5.41, 5.74) is 0.223. The van der Waals surface area contributed by atoms with Gasteiger partial charge in [0.1, 0.15) is 0 Å². The monoisotopic (exact) mass is 584 g/mol. The van der Waals surface area contributed by atoms with Crippen LogP contribution in [0.1, 0.15) is 123 Å². The molecule has 0 aromatic heterocycles. The molecule has 8 heteroatoms. The van der Waals surface area contributed by atoms with Crippen LogP contribution in [-0.2, 0) is 18.9 Å². The third-order valence-electron chi connectivity index (χ3n) is 6.75. The molecule has 0 radical (unpaired) electrons. The second kappa shape index (κ2) is 16.9. The minimum atomic E-state index is -0.665. The van der Waals surface area contributed by atoms with E-state index >= 15 is 0 Å². The highest BCUT2D eigenvalue weighted by Crippen LogP contribution is 2.32. The quantitative estimate of drug-likeness (QED) is 0.146. The maximum Gasteiger partial charge on any atom is 0.338 e. The molecule has 0 spiro atoms. The Morgan fingerprint density at radius 1 is 0.429 bits per heavy atom. The van der Waals surface area contributed by atoms with Gasteiger partial charge in [-0.2, -0.15) is 0 Å². The molecule has 2 aromatic carbocycles. The van der Waals surface area contributed by atoms with Crippen LogP contribution in [0.3, 0.4) is 0 Å². The van der Waals surface area contributed by atoms with Crippen molar-refractivity contribution in [3.05, 3.63) is 46.5 Å². The SMILES string of the molecule is CC(C)CCOC(=O)c1ccc(C(=O)OCCC(C)C)c2c(C(=O)OCCC(C)C)ccc(C(=O)OCCC(C)C)c12. The number of esters is 4. The third kappa shape index (κ3) is 10.4. The highest BCUT2D eigenvalue weighted by atomic mass is 16.5. The van der Waals surface area contributed by atoms with Crippen LogP contribution in [0.2, 0.25) is 0 Å². The summed E-state index contributed by atoms with van der Waals surface area (Å²) >= 11 is 0. The lowest BCUT2D eigenvalue weighted by molar-refractivity contribution is 0.0467. The molecule has 0 fully saturated rings. The van der Waals surface area contributed by atoms with Gasteiger partial charge in [0.05, 0.1) is 48.7 Å². The summed E-state index contributed by atoms with van der Waals surface area (Å²) in [6.07, 6.45) is 2.62. The number of fused-ring (bicyclic) bond motifs is 1. The average Bonchev–Trinajstić information content (AvgIpc) is 2.90. The molecule has 0 bridgehead atoms. The molecule has 2 aromatic rings. The fraction of sp³-hybridized carbons (Fsp3) is 0.588. The van der Waals surface area contributed by atoms with Crippen LogP contribution in [0.15, 0.2) is 24.3 Å². The first kappa shape index (κ1) is 34.8. The maximum atomic E-state index is 13.4. The minimum Gasteiger partial charge on any atom is -0.462 e. The number of carbonyl (C=O) groups excluding carboxylic acids is 4. The summed E-state index contributed by atoms with van der Waals surface area (Å²) in [5.74, 6) is -1.40.